The number of halogens is 1. The average Bonchev–Trinajstić information content (AvgIpc) is 2.84. The van der Waals surface area contributed by atoms with Crippen LogP contribution in [0.4, 0.5) is 10.1 Å². The van der Waals surface area contributed by atoms with Gasteiger partial charge in [0.2, 0.25) is 5.55 Å². The van der Waals surface area contributed by atoms with Crippen molar-refractivity contribution in [2.24, 2.45) is 5.10 Å². The number of anilines is 1. The predicted molar refractivity (Wildman–Crippen MR) is 124 cm³/mol. The summed E-state index contributed by atoms with van der Waals surface area (Å²) in [6.45, 7) is 1.45. The first-order valence-corrected chi connectivity index (χ1v) is 11.6. The first kappa shape index (κ1) is 23.0. The number of amides is 1. The standard InChI is InChI=1S/C24H20FN3O5S/c1-15-13-18(11-12-20(15)25)34(30,31)28-27-24-19(23(29)26-17-8-4-3-5-9-17)14-16-7-6-10-21(32-2)22(16)33-24/h3-14,28H,1-2H3,(H,26,29). The normalized spacial score (nSPS) is 11.9. The van der Waals surface area contributed by atoms with Crippen molar-refractivity contribution in [2.45, 2.75) is 11.8 Å². The Morgan fingerprint density at radius 1 is 1.03 bits per heavy atom. The Kier molecular flexibility index (Phi) is 6.33. The van der Waals surface area contributed by atoms with E-state index in [1.807, 2.05) is 0 Å². The molecule has 1 aromatic heterocycles. The molecule has 8 nitrogen and oxygen atoms in total. The van der Waals surface area contributed by atoms with E-state index < -0.39 is 21.7 Å². The number of fused-ring (bicyclic) bond motifs is 1. The average molecular weight is 482 g/mol. The maximum atomic E-state index is 13.6. The number of methoxy groups -OCH3 is 1. The lowest BCUT2D eigenvalue weighted by molar-refractivity contribution is 0.102. The van der Waals surface area contributed by atoms with Gasteiger partial charge in [-0.2, -0.15) is 13.2 Å². The molecule has 0 aliphatic heterocycles. The number of nitrogens with zero attached hydrogens (tertiary/aromatic N) is 1. The number of ether oxygens (including phenoxy) is 1. The van der Waals surface area contributed by atoms with Crippen LogP contribution in [-0.4, -0.2) is 21.4 Å². The maximum absolute atomic E-state index is 13.6. The number of hydrogen-bond donors (Lipinski definition) is 2. The van der Waals surface area contributed by atoms with E-state index in [1.165, 1.54) is 26.2 Å². The molecule has 0 spiro atoms. The highest BCUT2D eigenvalue weighted by Gasteiger charge is 2.18. The molecule has 0 bridgehead atoms. The van der Waals surface area contributed by atoms with Crippen LogP contribution in [0.15, 0.2) is 87.2 Å². The zero-order valence-electron chi connectivity index (χ0n) is 18.2. The van der Waals surface area contributed by atoms with E-state index in [9.17, 15) is 17.6 Å². The topological polar surface area (TPSA) is 110 Å². The Balaban J connectivity index is 1.81. The number of hydrogen-bond acceptors (Lipinski definition) is 6. The molecule has 174 valence electrons. The fourth-order valence-corrected chi connectivity index (χ4v) is 4.08. The molecular formula is C24H20FN3O5S. The van der Waals surface area contributed by atoms with Crippen LogP contribution in [0, 0.1) is 12.7 Å². The predicted octanol–water partition coefficient (Wildman–Crippen LogP) is 3.94. The summed E-state index contributed by atoms with van der Waals surface area (Å²) in [5.74, 6) is -0.719. The van der Waals surface area contributed by atoms with Gasteiger partial charge < -0.3 is 14.5 Å². The van der Waals surface area contributed by atoms with Crippen LogP contribution >= 0.6 is 0 Å². The van der Waals surface area contributed by atoms with Crippen LogP contribution in [-0.2, 0) is 10.0 Å². The SMILES string of the molecule is COc1cccc2cc(C(=O)Nc3ccccc3)c(=NNS(=O)(=O)c3ccc(F)c(C)c3)oc12. The monoisotopic (exact) mass is 481 g/mol. The van der Waals surface area contributed by atoms with E-state index in [4.69, 9.17) is 9.15 Å². The maximum Gasteiger partial charge on any atom is 0.276 e. The first-order valence-electron chi connectivity index (χ1n) is 10.1. The summed E-state index contributed by atoms with van der Waals surface area (Å²) in [6, 6.07) is 18.7. The van der Waals surface area contributed by atoms with Gasteiger partial charge in [0.25, 0.3) is 15.9 Å². The Morgan fingerprint density at radius 2 is 1.79 bits per heavy atom. The molecule has 0 atom stereocenters. The van der Waals surface area contributed by atoms with Gasteiger partial charge in [-0.15, -0.1) is 5.10 Å². The Morgan fingerprint density at radius 3 is 2.50 bits per heavy atom. The van der Waals surface area contributed by atoms with Crippen molar-refractivity contribution >= 4 is 32.6 Å². The molecule has 4 aromatic rings. The third kappa shape index (κ3) is 4.76. The first-order chi connectivity index (χ1) is 16.3. The van der Waals surface area contributed by atoms with Crippen molar-refractivity contribution in [2.75, 3.05) is 12.4 Å². The lowest BCUT2D eigenvalue weighted by Gasteiger charge is -2.09. The minimum atomic E-state index is -4.17. The zero-order valence-corrected chi connectivity index (χ0v) is 19.0. The highest BCUT2D eigenvalue weighted by Crippen LogP contribution is 2.25. The number of para-hydroxylation sites is 2. The second-order valence-electron chi connectivity index (χ2n) is 7.28. The summed E-state index contributed by atoms with van der Waals surface area (Å²) >= 11 is 0. The van der Waals surface area contributed by atoms with Crippen LogP contribution in [0.5, 0.6) is 5.75 Å². The third-order valence-corrected chi connectivity index (χ3v) is 6.15. The van der Waals surface area contributed by atoms with Crippen molar-refractivity contribution in [3.05, 3.63) is 95.3 Å². The molecule has 10 heteroatoms. The van der Waals surface area contributed by atoms with Crippen molar-refractivity contribution in [1.82, 2.24) is 4.83 Å². The molecule has 1 amide bonds. The van der Waals surface area contributed by atoms with Crippen LogP contribution in [0.2, 0.25) is 0 Å². The van der Waals surface area contributed by atoms with Crippen molar-refractivity contribution in [3.8, 4) is 5.75 Å². The summed E-state index contributed by atoms with van der Waals surface area (Å²) in [5, 5.41) is 7.15. The second kappa shape index (κ2) is 9.36. The highest BCUT2D eigenvalue weighted by molar-refractivity contribution is 7.89. The molecule has 0 fully saturated rings. The summed E-state index contributed by atoms with van der Waals surface area (Å²) in [4.78, 5) is 14.9. The van der Waals surface area contributed by atoms with Gasteiger partial charge in [-0.25, -0.2) is 4.39 Å². The number of carbonyl (C=O) groups excluding carboxylic acids is 1. The molecule has 4 rings (SSSR count). The molecule has 2 N–H and O–H groups in total. The minimum absolute atomic E-state index is 0.0115. The quantitative estimate of drug-likeness (QED) is 0.406. The third-order valence-electron chi connectivity index (χ3n) is 4.94. The lowest BCUT2D eigenvalue weighted by atomic mass is 10.1. The van der Waals surface area contributed by atoms with Gasteiger partial charge in [0.1, 0.15) is 11.4 Å². The minimum Gasteiger partial charge on any atom is -0.493 e. The molecule has 3 aromatic carbocycles. The number of nitrogens with one attached hydrogen (secondary N) is 2. The van der Waals surface area contributed by atoms with E-state index in [1.54, 1.807) is 48.5 Å². The number of aryl methyl sites for hydroxylation is 1. The van der Waals surface area contributed by atoms with Crippen molar-refractivity contribution in [1.29, 1.82) is 0 Å². The van der Waals surface area contributed by atoms with E-state index in [2.05, 4.69) is 15.2 Å². The van der Waals surface area contributed by atoms with Crippen molar-refractivity contribution < 1.29 is 26.8 Å². The summed E-state index contributed by atoms with van der Waals surface area (Å²) < 4.78 is 50.2. The molecule has 0 radical (unpaired) electrons. The smallest absolute Gasteiger partial charge is 0.276 e. The number of carbonyl (C=O) groups is 1. The van der Waals surface area contributed by atoms with Gasteiger partial charge in [0, 0.05) is 11.1 Å². The van der Waals surface area contributed by atoms with Crippen LogP contribution in [0.25, 0.3) is 11.0 Å². The van der Waals surface area contributed by atoms with E-state index in [-0.39, 0.29) is 27.2 Å². The summed E-state index contributed by atoms with van der Waals surface area (Å²) in [7, 11) is -2.72. The van der Waals surface area contributed by atoms with E-state index in [0.717, 1.165) is 12.1 Å². The van der Waals surface area contributed by atoms with Crippen LogP contribution < -0.4 is 20.4 Å². The summed E-state index contributed by atoms with van der Waals surface area (Å²) in [5.41, 5.74) is 0.671. The lowest BCUT2D eigenvalue weighted by Crippen LogP contribution is -2.27. The van der Waals surface area contributed by atoms with E-state index in [0.29, 0.717) is 16.8 Å². The molecule has 0 saturated heterocycles. The van der Waals surface area contributed by atoms with Crippen LogP contribution in [0.1, 0.15) is 15.9 Å². The number of rotatable bonds is 6. The molecular weight excluding hydrogens is 461 g/mol. The van der Waals surface area contributed by atoms with Gasteiger partial charge in [0.05, 0.1) is 12.0 Å². The molecule has 0 unspecified atom stereocenters. The van der Waals surface area contributed by atoms with Gasteiger partial charge in [0.15, 0.2) is 11.3 Å². The Labute approximate surface area is 194 Å². The largest absolute Gasteiger partial charge is 0.493 e. The van der Waals surface area contributed by atoms with E-state index >= 15 is 0 Å². The van der Waals surface area contributed by atoms with Gasteiger partial charge >= 0.3 is 0 Å². The number of benzene rings is 3. The van der Waals surface area contributed by atoms with Crippen LogP contribution in [0.3, 0.4) is 0 Å². The molecule has 0 saturated carbocycles. The van der Waals surface area contributed by atoms with Gasteiger partial charge in [-0.3, -0.25) is 4.79 Å². The van der Waals surface area contributed by atoms with Gasteiger partial charge in [-0.05, 0) is 55.0 Å². The second-order valence-corrected chi connectivity index (χ2v) is 8.94. The summed E-state index contributed by atoms with van der Waals surface area (Å²) in [6.07, 6.45) is 0. The Hall–Kier alpha value is -4.18. The molecule has 1 heterocycles. The highest BCUT2D eigenvalue weighted by atomic mass is 32.2. The fraction of sp³-hybridized carbons (Fsp3) is 0.0833. The Bertz CT molecular complexity index is 1550. The molecule has 0 aliphatic carbocycles. The van der Waals surface area contributed by atoms with Crippen molar-refractivity contribution in [3.63, 3.8) is 0 Å². The fourth-order valence-electron chi connectivity index (χ4n) is 3.19. The zero-order chi connectivity index (χ0) is 24.3. The molecule has 0 aliphatic rings. The number of sulfonamides is 1. The molecule has 34 heavy (non-hydrogen) atoms. The van der Waals surface area contributed by atoms with Gasteiger partial charge in [-0.1, -0.05) is 30.3 Å².